The normalized spacial score (nSPS) is 17.1. The Hall–Kier alpha value is -4.14. The molecule has 0 aromatic heterocycles. The molecule has 0 atom stereocenters. The second-order valence-corrected chi connectivity index (χ2v) is 8.55. The zero-order chi connectivity index (χ0) is 26.4. The van der Waals surface area contributed by atoms with Crippen molar-refractivity contribution >= 4 is 11.8 Å². The fourth-order valence-electron chi connectivity index (χ4n) is 3.65. The fraction of sp³-hybridized carbons (Fsp3) is 0.267. The van der Waals surface area contributed by atoms with Crippen LogP contribution in [0, 0.1) is 0 Å². The first kappa shape index (κ1) is 26.9. The van der Waals surface area contributed by atoms with Crippen LogP contribution in [0.3, 0.4) is 0 Å². The number of hydrogen-bond acceptors (Lipinski definition) is 6. The SMILES string of the molecule is O=C1NCc2ccc(cc2)OCCOC/C=C\COCCOc2ccc(cc2)CNC(=O)c2cccc1c2. The molecule has 8 nitrogen and oxygen atoms in total. The maximum Gasteiger partial charge on any atom is 0.251 e. The van der Waals surface area contributed by atoms with Crippen molar-refractivity contribution in [2.45, 2.75) is 13.1 Å². The first-order valence-corrected chi connectivity index (χ1v) is 12.6. The molecule has 0 aliphatic carbocycles. The van der Waals surface area contributed by atoms with Gasteiger partial charge in [-0.25, -0.2) is 0 Å². The van der Waals surface area contributed by atoms with Crippen molar-refractivity contribution in [3.05, 3.63) is 107 Å². The van der Waals surface area contributed by atoms with Crippen molar-refractivity contribution in [3.63, 3.8) is 0 Å². The lowest BCUT2D eigenvalue weighted by Gasteiger charge is -2.10. The van der Waals surface area contributed by atoms with Gasteiger partial charge < -0.3 is 29.6 Å². The maximum absolute atomic E-state index is 12.7. The molecule has 38 heavy (non-hydrogen) atoms. The highest BCUT2D eigenvalue weighted by atomic mass is 16.5. The Morgan fingerprint density at radius 1 is 0.553 bits per heavy atom. The van der Waals surface area contributed by atoms with E-state index in [0.29, 0.717) is 63.9 Å². The second kappa shape index (κ2) is 14.6. The first-order valence-electron chi connectivity index (χ1n) is 12.6. The monoisotopic (exact) mass is 516 g/mol. The molecule has 0 saturated heterocycles. The van der Waals surface area contributed by atoms with E-state index in [9.17, 15) is 9.59 Å². The largest absolute Gasteiger partial charge is 0.491 e. The van der Waals surface area contributed by atoms with E-state index in [0.717, 1.165) is 22.6 Å². The molecular formula is C30H32N2O6. The molecule has 3 aromatic carbocycles. The Kier molecular flexibility index (Phi) is 10.3. The topological polar surface area (TPSA) is 95.1 Å². The number of benzene rings is 3. The average molecular weight is 517 g/mol. The number of hydrogen-bond donors (Lipinski definition) is 2. The average Bonchev–Trinajstić information content (AvgIpc) is 2.96. The van der Waals surface area contributed by atoms with E-state index in [-0.39, 0.29) is 11.8 Å². The van der Waals surface area contributed by atoms with Crippen LogP contribution in [0.15, 0.2) is 84.9 Å². The van der Waals surface area contributed by atoms with Gasteiger partial charge in [-0.2, -0.15) is 0 Å². The molecule has 0 fully saturated rings. The molecule has 4 aliphatic heterocycles. The van der Waals surface area contributed by atoms with Crippen LogP contribution < -0.4 is 20.1 Å². The van der Waals surface area contributed by atoms with Crippen LogP contribution in [-0.2, 0) is 22.6 Å². The molecule has 0 spiro atoms. The number of carbonyl (C=O) groups is 2. The number of carbonyl (C=O) groups excluding carboxylic acids is 2. The van der Waals surface area contributed by atoms with Gasteiger partial charge in [-0.1, -0.05) is 42.5 Å². The minimum atomic E-state index is -0.254. The Labute approximate surface area is 222 Å². The van der Waals surface area contributed by atoms with Gasteiger partial charge in [-0.15, -0.1) is 0 Å². The minimum Gasteiger partial charge on any atom is -0.491 e. The molecule has 4 heterocycles. The second-order valence-electron chi connectivity index (χ2n) is 8.55. The summed E-state index contributed by atoms with van der Waals surface area (Å²) < 4.78 is 22.5. The quantitative estimate of drug-likeness (QED) is 0.440. The van der Waals surface area contributed by atoms with Crippen LogP contribution in [0.1, 0.15) is 31.8 Å². The number of ether oxygens (including phenoxy) is 4. The van der Waals surface area contributed by atoms with E-state index in [1.807, 2.05) is 60.7 Å². The van der Waals surface area contributed by atoms with Crippen molar-refractivity contribution < 1.29 is 28.5 Å². The molecule has 198 valence electrons. The molecular weight excluding hydrogens is 484 g/mol. The predicted octanol–water partition coefficient (Wildman–Crippen LogP) is 3.91. The van der Waals surface area contributed by atoms with Crippen LogP contribution in [-0.4, -0.2) is 51.5 Å². The van der Waals surface area contributed by atoms with Gasteiger partial charge in [0.05, 0.1) is 26.4 Å². The molecule has 2 amide bonds. The molecule has 8 heteroatoms. The zero-order valence-corrected chi connectivity index (χ0v) is 21.2. The van der Waals surface area contributed by atoms with Crippen molar-refractivity contribution in [3.8, 4) is 11.5 Å². The third-order valence-electron chi connectivity index (χ3n) is 5.73. The summed E-state index contributed by atoms with van der Waals surface area (Å²) in [6.07, 6.45) is 3.82. The molecule has 7 rings (SSSR count). The minimum absolute atomic E-state index is 0.254. The third-order valence-corrected chi connectivity index (χ3v) is 5.73. The Morgan fingerprint density at radius 3 is 1.45 bits per heavy atom. The summed E-state index contributed by atoms with van der Waals surface area (Å²) >= 11 is 0. The molecule has 6 bridgehead atoms. The predicted molar refractivity (Wildman–Crippen MR) is 143 cm³/mol. The molecule has 2 N–H and O–H groups in total. The van der Waals surface area contributed by atoms with Gasteiger partial charge in [-0.05, 0) is 53.6 Å². The summed E-state index contributed by atoms with van der Waals surface area (Å²) in [6.45, 7) is 3.47. The molecule has 0 unspecified atom stereocenters. The maximum atomic E-state index is 12.7. The van der Waals surface area contributed by atoms with E-state index < -0.39 is 0 Å². The molecule has 4 aliphatic rings. The highest BCUT2D eigenvalue weighted by molar-refractivity contribution is 5.99. The highest BCUT2D eigenvalue weighted by Gasteiger charge is 2.11. The van der Waals surface area contributed by atoms with Gasteiger partial charge in [0, 0.05) is 24.2 Å². The smallest absolute Gasteiger partial charge is 0.251 e. The van der Waals surface area contributed by atoms with E-state index >= 15 is 0 Å². The third kappa shape index (κ3) is 8.76. The summed E-state index contributed by atoms with van der Waals surface area (Å²) in [5.74, 6) is 0.951. The lowest BCUT2D eigenvalue weighted by molar-refractivity contribution is 0.0950. The van der Waals surface area contributed by atoms with Crippen LogP contribution >= 0.6 is 0 Å². The van der Waals surface area contributed by atoms with E-state index in [1.165, 1.54) is 0 Å². The molecule has 0 radical (unpaired) electrons. The summed E-state index contributed by atoms with van der Waals surface area (Å²) in [5, 5.41) is 5.79. The van der Waals surface area contributed by atoms with Crippen molar-refractivity contribution in [1.29, 1.82) is 0 Å². The number of rotatable bonds is 0. The van der Waals surface area contributed by atoms with Gasteiger partial charge in [-0.3, -0.25) is 9.59 Å². The lowest BCUT2D eigenvalue weighted by atomic mass is 10.1. The summed E-state index contributed by atoms with van der Waals surface area (Å²) in [7, 11) is 0. The Bertz CT molecular complexity index is 1120. The van der Waals surface area contributed by atoms with Crippen molar-refractivity contribution in [2.75, 3.05) is 39.6 Å². The van der Waals surface area contributed by atoms with Crippen LogP contribution in [0.25, 0.3) is 0 Å². The summed E-state index contributed by atoms with van der Waals surface area (Å²) in [5.41, 5.74) is 2.70. The van der Waals surface area contributed by atoms with Gasteiger partial charge in [0.15, 0.2) is 0 Å². The van der Waals surface area contributed by atoms with Gasteiger partial charge >= 0.3 is 0 Å². The van der Waals surface area contributed by atoms with Gasteiger partial charge in [0.1, 0.15) is 24.7 Å². The summed E-state index contributed by atoms with van der Waals surface area (Å²) in [6, 6.07) is 21.7. The van der Waals surface area contributed by atoms with E-state index in [1.54, 1.807) is 24.3 Å². The zero-order valence-electron chi connectivity index (χ0n) is 21.2. The fourth-order valence-corrected chi connectivity index (χ4v) is 3.65. The molecule has 3 aromatic rings. The standard InChI is InChI=1S/C30H32N2O6/c33-29-25-4-3-5-26(20-25)30(34)32-22-24-8-12-28(13-9-24)38-19-17-36-15-2-1-14-35-16-18-37-27-10-6-23(7-11-27)21-31-29/h1-13,20H,14-19,21-22H2,(H,31,33)(H,32,34)/b2-1-. The molecule has 0 saturated carbocycles. The van der Waals surface area contributed by atoms with Crippen molar-refractivity contribution in [1.82, 2.24) is 10.6 Å². The van der Waals surface area contributed by atoms with Crippen LogP contribution in [0.2, 0.25) is 0 Å². The van der Waals surface area contributed by atoms with Crippen molar-refractivity contribution in [2.24, 2.45) is 0 Å². The van der Waals surface area contributed by atoms with E-state index in [4.69, 9.17) is 18.9 Å². The van der Waals surface area contributed by atoms with Crippen LogP contribution in [0.5, 0.6) is 11.5 Å². The van der Waals surface area contributed by atoms with Gasteiger partial charge in [0.2, 0.25) is 0 Å². The van der Waals surface area contributed by atoms with Crippen LogP contribution in [0.4, 0.5) is 0 Å². The summed E-state index contributed by atoms with van der Waals surface area (Å²) in [4.78, 5) is 25.4. The highest BCUT2D eigenvalue weighted by Crippen LogP contribution is 2.14. The first-order chi connectivity index (χ1) is 18.7. The van der Waals surface area contributed by atoms with Gasteiger partial charge in [0.25, 0.3) is 11.8 Å². The Balaban J connectivity index is 1.38. The number of amides is 2. The Morgan fingerprint density at radius 2 is 1.00 bits per heavy atom. The number of nitrogens with one attached hydrogen (secondary N) is 2. The van der Waals surface area contributed by atoms with E-state index in [2.05, 4.69) is 10.6 Å². The lowest BCUT2D eigenvalue weighted by Crippen LogP contribution is -2.25.